The van der Waals surface area contributed by atoms with Crippen LogP contribution in [0.2, 0.25) is 0 Å². The lowest BCUT2D eigenvalue weighted by Gasteiger charge is -2.41. The summed E-state index contributed by atoms with van der Waals surface area (Å²) in [5.74, 6) is -3.24. The van der Waals surface area contributed by atoms with Crippen molar-refractivity contribution in [3.8, 4) is 0 Å². The summed E-state index contributed by atoms with van der Waals surface area (Å²) in [6, 6.07) is 6.09. The van der Waals surface area contributed by atoms with Crippen LogP contribution in [0.3, 0.4) is 0 Å². The smallest absolute Gasteiger partial charge is 0.245 e. The second kappa shape index (κ2) is 21.1. The zero-order valence-corrected chi connectivity index (χ0v) is 31.7. The average molecular weight is 719 g/mol. The third-order valence-corrected chi connectivity index (χ3v) is 10.1. The van der Waals surface area contributed by atoms with Crippen LogP contribution in [0.1, 0.15) is 72.3 Å². The number of nitrogens with one attached hydrogen (secondary N) is 2. The van der Waals surface area contributed by atoms with E-state index in [1.165, 1.54) is 14.2 Å². The minimum atomic E-state index is -1.19. The molecule has 0 aromatic heterocycles. The van der Waals surface area contributed by atoms with Gasteiger partial charge in [-0.2, -0.15) is 0 Å². The van der Waals surface area contributed by atoms with Crippen molar-refractivity contribution in [2.45, 2.75) is 116 Å². The highest BCUT2D eigenvalue weighted by atomic mass is 16.5. The molecule has 2 rings (SSSR count). The molecule has 0 aliphatic carbocycles. The predicted molar refractivity (Wildman–Crippen MR) is 194 cm³/mol. The Hall–Kier alpha value is -3.59. The Bertz CT molecular complexity index is 1280. The summed E-state index contributed by atoms with van der Waals surface area (Å²) < 4.78 is 11.8. The van der Waals surface area contributed by atoms with Crippen molar-refractivity contribution in [2.75, 3.05) is 34.4 Å². The number of hydrogen-bond acceptors (Lipinski definition) is 9. The molecule has 1 heterocycles. The van der Waals surface area contributed by atoms with Crippen LogP contribution in [0.25, 0.3) is 0 Å². The minimum Gasteiger partial charge on any atom is -0.394 e. The molecular weight excluding hydrogens is 656 g/mol. The van der Waals surface area contributed by atoms with Gasteiger partial charge in [0.1, 0.15) is 6.04 Å². The molecule has 1 aliphatic heterocycles. The summed E-state index contributed by atoms with van der Waals surface area (Å²) >= 11 is 0. The molecule has 1 aromatic carbocycles. The number of nitrogens with two attached hydrogens (primary N) is 2. The number of rotatable bonds is 21. The van der Waals surface area contributed by atoms with Crippen LogP contribution in [0, 0.1) is 17.8 Å². The number of aliphatic hydroxyl groups excluding tert-OH is 1. The third-order valence-electron chi connectivity index (χ3n) is 10.1. The third kappa shape index (κ3) is 12.3. The van der Waals surface area contributed by atoms with E-state index in [1.54, 1.807) is 37.6 Å². The number of primary amides is 1. The largest absolute Gasteiger partial charge is 0.394 e. The molecule has 1 aliphatic rings. The van der Waals surface area contributed by atoms with Gasteiger partial charge in [0.2, 0.25) is 29.5 Å². The first kappa shape index (κ1) is 43.6. The van der Waals surface area contributed by atoms with Gasteiger partial charge in [-0.3, -0.25) is 24.0 Å². The number of benzene rings is 1. The van der Waals surface area contributed by atoms with Crippen molar-refractivity contribution in [3.05, 3.63) is 35.9 Å². The van der Waals surface area contributed by atoms with Gasteiger partial charge < -0.3 is 46.5 Å². The van der Waals surface area contributed by atoms with Crippen LogP contribution >= 0.6 is 0 Å². The first-order valence-electron chi connectivity index (χ1n) is 18.0. The number of methoxy groups -OCH3 is 2. The molecule has 1 aromatic rings. The van der Waals surface area contributed by atoms with E-state index >= 15 is 0 Å². The minimum absolute atomic E-state index is 0.0253. The van der Waals surface area contributed by atoms with Crippen LogP contribution in [0.4, 0.5) is 0 Å². The lowest BCUT2D eigenvalue weighted by atomic mass is 9.89. The van der Waals surface area contributed by atoms with Crippen LogP contribution in [0.5, 0.6) is 0 Å². The number of likely N-dealkylation sites (tertiary alicyclic amines) is 1. The Balaban J connectivity index is 2.23. The highest BCUT2D eigenvalue weighted by Crippen LogP contribution is 2.29. The van der Waals surface area contributed by atoms with Crippen molar-refractivity contribution < 1.29 is 38.6 Å². The summed E-state index contributed by atoms with van der Waals surface area (Å²) in [6.07, 6.45) is 0.871. The summed E-state index contributed by atoms with van der Waals surface area (Å²) in [5.41, 5.74) is 12.0. The maximum Gasteiger partial charge on any atom is 0.245 e. The maximum absolute atomic E-state index is 14.1. The molecule has 0 unspecified atom stereocenters. The fraction of sp³-hybridized carbons (Fsp3) is 0.703. The molecule has 51 heavy (non-hydrogen) atoms. The summed E-state index contributed by atoms with van der Waals surface area (Å²) in [5, 5.41) is 15.6. The Morgan fingerprint density at radius 1 is 1.00 bits per heavy atom. The van der Waals surface area contributed by atoms with Crippen LogP contribution in [0.15, 0.2) is 30.3 Å². The van der Waals surface area contributed by atoms with Crippen LogP contribution in [-0.4, -0.2) is 121 Å². The molecule has 0 saturated carbocycles. The first-order chi connectivity index (χ1) is 24.1. The average Bonchev–Trinajstić information content (AvgIpc) is 3.59. The van der Waals surface area contributed by atoms with E-state index in [0.717, 1.165) is 12.0 Å². The first-order valence-corrected chi connectivity index (χ1v) is 18.0. The van der Waals surface area contributed by atoms with Crippen LogP contribution in [-0.2, 0) is 39.9 Å². The fourth-order valence-electron chi connectivity index (χ4n) is 7.00. The molecule has 7 N–H and O–H groups in total. The number of carbonyl (C=O) groups excluding carboxylic acids is 5. The summed E-state index contributed by atoms with van der Waals surface area (Å²) in [4.78, 5) is 68.9. The molecule has 0 radical (unpaired) electrons. The predicted octanol–water partition coefficient (Wildman–Crippen LogP) is 0.970. The second-order valence-corrected chi connectivity index (χ2v) is 14.2. The molecule has 14 heteroatoms. The van der Waals surface area contributed by atoms with E-state index in [2.05, 4.69) is 10.6 Å². The molecule has 1 saturated heterocycles. The van der Waals surface area contributed by atoms with E-state index < -0.39 is 54.1 Å². The molecule has 5 amide bonds. The highest BCUT2D eigenvalue weighted by molar-refractivity contribution is 5.92. The molecule has 1 fully saturated rings. The Labute approximate surface area is 303 Å². The molecule has 0 bridgehead atoms. The Morgan fingerprint density at radius 3 is 2.18 bits per heavy atom. The second-order valence-electron chi connectivity index (χ2n) is 14.2. The Kier molecular flexibility index (Phi) is 18.0. The number of ether oxygens (including phenoxy) is 2. The molecule has 0 spiro atoms. The van der Waals surface area contributed by atoms with Gasteiger partial charge in [0.15, 0.2) is 0 Å². The van der Waals surface area contributed by atoms with E-state index in [9.17, 15) is 29.1 Å². The lowest BCUT2D eigenvalue weighted by molar-refractivity contribution is -0.147. The van der Waals surface area contributed by atoms with Gasteiger partial charge in [-0.15, -0.1) is 0 Å². The van der Waals surface area contributed by atoms with Crippen molar-refractivity contribution in [3.63, 3.8) is 0 Å². The number of aliphatic hydroxyl groups is 1. The van der Waals surface area contributed by atoms with E-state index in [0.29, 0.717) is 25.8 Å². The number of likely N-dealkylation sites (N-methyl/N-ethyl adjacent to an activating group) is 1. The van der Waals surface area contributed by atoms with Crippen molar-refractivity contribution in [2.24, 2.45) is 29.2 Å². The number of carbonyl (C=O) groups is 5. The maximum atomic E-state index is 14.1. The molecule has 9 atom stereocenters. The lowest BCUT2D eigenvalue weighted by Crippen LogP contribution is -2.59. The Morgan fingerprint density at radius 2 is 1.65 bits per heavy atom. The van der Waals surface area contributed by atoms with Gasteiger partial charge in [0.25, 0.3) is 0 Å². The van der Waals surface area contributed by atoms with Crippen molar-refractivity contribution in [1.29, 1.82) is 0 Å². The normalized spacial score (nSPS) is 19.3. The zero-order valence-electron chi connectivity index (χ0n) is 31.7. The van der Waals surface area contributed by atoms with Crippen LogP contribution < -0.4 is 22.1 Å². The van der Waals surface area contributed by atoms with Gasteiger partial charge in [-0.1, -0.05) is 71.4 Å². The van der Waals surface area contributed by atoms with Gasteiger partial charge in [0.05, 0.1) is 61.7 Å². The molecule has 288 valence electrons. The van der Waals surface area contributed by atoms with Gasteiger partial charge in [-0.05, 0) is 36.7 Å². The van der Waals surface area contributed by atoms with Crippen molar-refractivity contribution >= 4 is 29.5 Å². The van der Waals surface area contributed by atoms with Crippen molar-refractivity contribution in [1.82, 2.24) is 20.4 Å². The fourth-order valence-corrected chi connectivity index (χ4v) is 7.00. The SMILES string of the molecule is CC[C@H](C)[C@@H]([C@@H](CC(=O)N1CCC[C@H]1[C@H](OC)[C@@H](C)C(=O)N[C@H](CO)Cc1ccccc1)OC)N(C)C(=O)[C@@H](NC(=O)[C@H](N)CC(N)=O)C(C)C. The number of hydrogen-bond donors (Lipinski definition) is 5. The number of nitrogens with zero attached hydrogens (tertiary/aromatic N) is 2. The summed E-state index contributed by atoms with van der Waals surface area (Å²) in [6.45, 7) is 9.58. The molecular formula is C37H62N6O8. The van der Waals surface area contributed by atoms with E-state index in [-0.39, 0.29) is 55.0 Å². The monoisotopic (exact) mass is 718 g/mol. The van der Waals surface area contributed by atoms with E-state index in [1.807, 2.05) is 44.2 Å². The van der Waals surface area contributed by atoms with Gasteiger partial charge in [0, 0.05) is 27.8 Å². The quantitative estimate of drug-likeness (QED) is 0.123. The standard InChI is InChI=1S/C37H62N6O8/c1-9-23(4)33(42(6)37(49)32(22(2)3)41-36(48)27(38)19-30(39)45)29(50-7)20-31(46)43-17-13-16-28(43)34(51-8)24(5)35(47)40-26(21-44)18-25-14-11-10-12-15-25/h10-12,14-15,22-24,26-29,32-34,44H,9,13,16-21,38H2,1-8H3,(H2,39,45)(H,40,47)(H,41,48)/t23-,24+,26-,27+,28-,29+,32-,33-,34+/m0/s1. The zero-order chi connectivity index (χ0) is 38.4. The van der Waals surface area contributed by atoms with Gasteiger partial charge >= 0.3 is 0 Å². The van der Waals surface area contributed by atoms with E-state index in [4.69, 9.17) is 20.9 Å². The highest BCUT2D eigenvalue weighted by Gasteiger charge is 2.43. The topological polar surface area (TPSA) is 207 Å². The van der Waals surface area contributed by atoms with Gasteiger partial charge in [-0.25, -0.2) is 0 Å². The number of amides is 5. The molecule has 14 nitrogen and oxygen atoms in total. The summed E-state index contributed by atoms with van der Waals surface area (Å²) in [7, 11) is 4.68.